The summed E-state index contributed by atoms with van der Waals surface area (Å²) in [7, 11) is -5.73. The number of anilines is 2. The van der Waals surface area contributed by atoms with Gasteiger partial charge in [-0.1, -0.05) is 0 Å². The van der Waals surface area contributed by atoms with Crippen LogP contribution in [0.5, 0.6) is 0 Å². The molecule has 0 aromatic carbocycles. The fourth-order valence-electron chi connectivity index (χ4n) is 1.51. The lowest BCUT2D eigenvalue weighted by molar-refractivity contribution is 0.0607. The second-order valence-electron chi connectivity index (χ2n) is 4.32. The molecule has 8 nitrogen and oxygen atoms in total. The maximum absolute atomic E-state index is 11.8. The minimum atomic E-state index is -3.69. The summed E-state index contributed by atoms with van der Waals surface area (Å²) in [6.45, 7) is 0.00190. The first kappa shape index (κ1) is 17.7. The summed E-state index contributed by atoms with van der Waals surface area (Å²) in [6.07, 6.45) is 2.02. The molecule has 0 unspecified atom stereocenters. The molecule has 0 fully saturated rings. The molecule has 120 valence electrons. The van der Waals surface area contributed by atoms with Crippen molar-refractivity contribution in [2.24, 2.45) is 0 Å². The lowest BCUT2D eigenvalue weighted by atomic mass is 10.4. The molecule has 0 bridgehead atoms. The van der Waals surface area contributed by atoms with Crippen molar-refractivity contribution in [3.8, 4) is 0 Å². The Bertz CT molecular complexity index is 748. The molecule has 0 radical (unpaired) electrons. The van der Waals surface area contributed by atoms with Crippen LogP contribution in [0.25, 0.3) is 0 Å². The highest BCUT2D eigenvalue weighted by molar-refractivity contribution is 7.91. The molecule has 3 N–H and O–H groups in total. The number of carbonyl (C=O) groups is 1. The number of ether oxygens (including phenoxy) is 1. The van der Waals surface area contributed by atoms with Crippen molar-refractivity contribution in [1.82, 2.24) is 0 Å². The molecule has 0 spiro atoms. The summed E-state index contributed by atoms with van der Waals surface area (Å²) in [4.78, 5) is 11.3. The van der Waals surface area contributed by atoms with Gasteiger partial charge in [-0.15, -0.1) is 11.3 Å². The fraction of sp³-hybridized carbons (Fsp3) is 0.500. The monoisotopic (exact) mass is 356 g/mol. The van der Waals surface area contributed by atoms with E-state index in [1.54, 1.807) is 0 Å². The molecule has 0 atom stereocenters. The van der Waals surface area contributed by atoms with Gasteiger partial charge in [0.05, 0.1) is 18.6 Å². The van der Waals surface area contributed by atoms with Crippen molar-refractivity contribution >= 4 is 47.7 Å². The first-order valence-corrected chi connectivity index (χ1v) is 10.4. The van der Waals surface area contributed by atoms with E-state index in [1.807, 2.05) is 0 Å². The zero-order chi connectivity index (χ0) is 16.4. The van der Waals surface area contributed by atoms with Gasteiger partial charge in [-0.05, 0) is 0 Å². The van der Waals surface area contributed by atoms with E-state index in [4.69, 9.17) is 5.73 Å². The van der Waals surface area contributed by atoms with E-state index in [9.17, 15) is 21.6 Å². The largest absolute Gasteiger partial charge is 0.465 e. The molecular weight excluding hydrogens is 340 g/mol. The molecule has 0 aliphatic rings. The summed E-state index contributed by atoms with van der Waals surface area (Å²) in [5.41, 5.74) is 5.50. The maximum Gasteiger partial charge on any atom is 0.350 e. The van der Waals surface area contributed by atoms with Crippen LogP contribution in [0.3, 0.4) is 0 Å². The van der Waals surface area contributed by atoms with Crippen LogP contribution in [0, 0.1) is 0 Å². The highest BCUT2D eigenvalue weighted by Gasteiger charge is 2.27. The van der Waals surface area contributed by atoms with Crippen LogP contribution in [0.15, 0.2) is 4.90 Å². The van der Waals surface area contributed by atoms with Crippen molar-refractivity contribution in [2.45, 2.75) is 4.90 Å². The van der Waals surface area contributed by atoms with Crippen LogP contribution < -0.4 is 11.1 Å². The highest BCUT2D eigenvalue weighted by atomic mass is 32.2. The number of hydrogen-bond donors (Lipinski definition) is 2. The van der Waals surface area contributed by atoms with E-state index >= 15 is 0 Å². The van der Waals surface area contributed by atoms with Crippen molar-refractivity contribution in [1.29, 1.82) is 0 Å². The van der Waals surface area contributed by atoms with Gasteiger partial charge in [-0.2, -0.15) is 0 Å². The van der Waals surface area contributed by atoms with Gasteiger partial charge in [0.2, 0.25) is 0 Å². The molecule has 21 heavy (non-hydrogen) atoms. The summed E-state index contributed by atoms with van der Waals surface area (Å²) >= 11 is 0.812. The SMILES string of the molecule is COC(=O)c1sc(NCCS(C)(=O)=O)c(S(C)(=O)=O)c1N. The lowest BCUT2D eigenvalue weighted by Gasteiger charge is -2.05. The van der Waals surface area contributed by atoms with Gasteiger partial charge in [-0.3, -0.25) is 0 Å². The third-order valence-corrected chi connectivity index (χ3v) is 5.78. The van der Waals surface area contributed by atoms with E-state index in [1.165, 1.54) is 0 Å². The zero-order valence-electron chi connectivity index (χ0n) is 11.7. The van der Waals surface area contributed by atoms with E-state index in [-0.39, 0.29) is 32.8 Å². The predicted molar refractivity (Wildman–Crippen MR) is 81.4 cm³/mol. The number of thiophene rings is 1. The van der Waals surface area contributed by atoms with Gasteiger partial charge < -0.3 is 15.8 Å². The first-order valence-electron chi connectivity index (χ1n) is 5.59. The zero-order valence-corrected chi connectivity index (χ0v) is 14.1. The number of nitrogens with one attached hydrogen (secondary N) is 1. The quantitative estimate of drug-likeness (QED) is 0.679. The van der Waals surface area contributed by atoms with Gasteiger partial charge in [0.15, 0.2) is 9.84 Å². The van der Waals surface area contributed by atoms with Gasteiger partial charge in [-0.25, -0.2) is 21.6 Å². The second kappa shape index (κ2) is 6.20. The Balaban J connectivity index is 3.21. The minimum Gasteiger partial charge on any atom is -0.465 e. The van der Waals surface area contributed by atoms with Gasteiger partial charge >= 0.3 is 5.97 Å². The summed E-state index contributed by atoms with van der Waals surface area (Å²) < 4.78 is 50.2. The number of methoxy groups -OCH3 is 1. The van der Waals surface area contributed by atoms with Crippen LogP contribution in [0.2, 0.25) is 0 Å². The third-order valence-electron chi connectivity index (χ3n) is 2.40. The molecule has 0 saturated heterocycles. The van der Waals surface area contributed by atoms with Crippen LogP contribution >= 0.6 is 11.3 Å². The Morgan fingerprint density at radius 1 is 1.29 bits per heavy atom. The van der Waals surface area contributed by atoms with Gasteiger partial charge in [0.1, 0.15) is 24.6 Å². The molecule has 0 saturated carbocycles. The molecule has 1 aromatic rings. The molecule has 1 rings (SSSR count). The Labute approximate surface area is 127 Å². The fourth-order valence-corrected chi connectivity index (χ4v) is 4.49. The van der Waals surface area contributed by atoms with Crippen molar-refractivity contribution in [3.63, 3.8) is 0 Å². The second-order valence-corrected chi connectivity index (χ2v) is 9.56. The number of hydrogen-bond acceptors (Lipinski definition) is 9. The molecule has 0 amide bonds. The Hall–Kier alpha value is -1.33. The number of rotatable bonds is 6. The lowest BCUT2D eigenvalue weighted by Crippen LogP contribution is -2.15. The molecule has 0 aliphatic heterocycles. The Kier molecular flexibility index (Phi) is 5.23. The number of esters is 1. The van der Waals surface area contributed by atoms with Crippen molar-refractivity contribution < 1.29 is 26.4 Å². The normalized spacial score (nSPS) is 12.1. The van der Waals surface area contributed by atoms with Crippen LogP contribution in [0.1, 0.15) is 9.67 Å². The van der Waals surface area contributed by atoms with Crippen LogP contribution in [-0.2, 0) is 24.4 Å². The smallest absolute Gasteiger partial charge is 0.350 e. The number of nitrogen functional groups attached to an aromatic ring is 1. The van der Waals surface area contributed by atoms with Crippen LogP contribution in [-0.4, -0.2) is 54.7 Å². The average molecular weight is 356 g/mol. The Morgan fingerprint density at radius 3 is 2.29 bits per heavy atom. The average Bonchev–Trinajstić information content (AvgIpc) is 2.63. The third kappa shape index (κ3) is 4.58. The molecule has 1 aromatic heterocycles. The van der Waals surface area contributed by atoms with Gasteiger partial charge in [0.25, 0.3) is 0 Å². The molecular formula is C10H16N2O6S3. The van der Waals surface area contributed by atoms with E-state index in [0.717, 1.165) is 31.0 Å². The van der Waals surface area contributed by atoms with E-state index in [0.29, 0.717) is 0 Å². The maximum atomic E-state index is 11.8. The number of nitrogens with two attached hydrogens (primary N) is 1. The number of carbonyl (C=O) groups excluding carboxylic acids is 1. The van der Waals surface area contributed by atoms with Crippen molar-refractivity contribution in [2.75, 3.05) is 43.0 Å². The topological polar surface area (TPSA) is 133 Å². The molecule has 0 aliphatic carbocycles. The molecule has 11 heteroatoms. The number of sulfone groups is 2. The molecule has 1 heterocycles. The Morgan fingerprint density at radius 2 is 1.86 bits per heavy atom. The predicted octanol–water partition coefficient (Wildman–Crippen LogP) is -0.0231. The first-order chi connectivity index (χ1) is 9.47. The highest BCUT2D eigenvalue weighted by Crippen LogP contribution is 2.39. The standard InChI is InChI=1S/C10H16N2O6S3/c1-18-10(13)7-6(11)8(21(3,16)17)9(19-7)12-4-5-20(2,14)15/h12H,4-5,11H2,1-3H3. The minimum absolute atomic E-state index is 0.00190. The van der Waals surface area contributed by atoms with E-state index < -0.39 is 25.6 Å². The van der Waals surface area contributed by atoms with Crippen LogP contribution in [0.4, 0.5) is 10.7 Å². The summed E-state index contributed by atoms with van der Waals surface area (Å²) in [5, 5.41) is 2.81. The van der Waals surface area contributed by atoms with Gasteiger partial charge in [0, 0.05) is 19.1 Å². The van der Waals surface area contributed by atoms with Crippen molar-refractivity contribution in [3.05, 3.63) is 4.88 Å². The van der Waals surface area contributed by atoms with E-state index in [2.05, 4.69) is 10.1 Å². The summed E-state index contributed by atoms with van der Waals surface area (Å²) in [5.74, 6) is -0.930. The summed E-state index contributed by atoms with van der Waals surface area (Å²) in [6, 6.07) is 0.